The summed E-state index contributed by atoms with van der Waals surface area (Å²) in [5.74, 6) is 0.303. The minimum absolute atomic E-state index is 0. The second-order valence-electron chi connectivity index (χ2n) is 6.70. The molecule has 1 saturated heterocycles. The Balaban J connectivity index is 0.00000196. The SMILES string of the molecule is CNCC1CCN(C(=O)CN2c3cccc4cccc(c34)S2(=O)=O)C1.Cl. The third-order valence-electron chi connectivity index (χ3n) is 5.09. The van der Waals surface area contributed by atoms with Gasteiger partial charge in [0.15, 0.2) is 0 Å². The largest absolute Gasteiger partial charge is 0.341 e. The number of rotatable bonds is 4. The summed E-state index contributed by atoms with van der Waals surface area (Å²) in [7, 11) is -1.77. The highest BCUT2D eigenvalue weighted by Crippen LogP contribution is 2.41. The van der Waals surface area contributed by atoms with Crippen LogP contribution in [0.2, 0.25) is 0 Å². The molecule has 2 aromatic rings. The second-order valence-corrected chi connectivity index (χ2v) is 8.53. The Morgan fingerprint density at radius 1 is 1.23 bits per heavy atom. The molecule has 1 N–H and O–H groups in total. The van der Waals surface area contributed by atoms with E-state index in [2.05, 4.69) is 5.32 Å². The van der Waals surface area contributed by atoms with E-state index in [4.69, 9.17) is 0 Å². The van der Waals surface area contributed by atoms with Gasteiger partial charge in [0.05, 0.1) is 10.6 Å². The molecule has 0 spiro atoms. The van der Waals surface area contributed by atoms with Crippen molar-refractivity contribution in [3.63, 3.8) is 0 Å². The van der Waals surface area contributed by atoms with Gasteiger partial charge in [-0.3, -0.25) is 9.10 Å². The number of amides is 1. The zero-order valence-corrected chi connectivity index (χ0v) is 16.1. The van der Waals surface area contributed by atoms with Gasteiger partial charge in [-0.2, -0.15) is 0 Å². The third kappa shape index (κ3) is 2.94. The highest BCUT2D eigenvalue weighted by Gasteiger charge is 2.38. The summed E-state index contributed by atoms with van der Waals surface area (Å²) < 4.78 is 27.1. The van der Waals surface area contributed by atoms with Crippen molar-refractivity contribution in [2.24, 2.45) is 5.92 Å². The van der Waals surface area contributed by atoms with Gasteiger partial charge in [-0.05, 0) is 43.5 Å². The number of likely N-dealkylation sites (tertiary alicyclic amines) is 1. The van der Waals surface area contributed by atoms with Gasteiger partial charge in [0, 0.05) is 18.5 Å². The maximum atomic E-state index is 12.9. The topological polar surface area (TPSA) is 69.7 Å². The summed E-state index contributed by atoms with van der Waals surface area (Å²) >= 11 is 0. The van der Waals surface area contributed by atoms with Crippen LogP contribution in [0.5, 0.6) is 0 Å². The summed E-state index contributed by atoms with van der Waals surface area (Å²) in [6.45, 7) is 2.11. The average Bonchev–Trinajstić information content (AvgIpc) is 3.14. The number of nitrogens with one attached hydrogen (secondary N) is 1. The van der Waals surface area contributed by atoms with Crippen LogP contribution in [0, 0.1) is 5.92 Å². The van der Waals surface area contributed by atoms with E-state index in [1.54, 1.807) is 23.1 Å². The van der Waals surface area contributed by atoms with Crippen molar-refractivity contribution in [1.29, 1.82) is 0 Å². The van der Waals surface area contributed by atoms with E-state index in [0.29, 0.717) is 35.0 Å². The lowest BCUT2D eigenvalue weighted by molar-refractivity contribution is -0.128. The quantitative estimate of drug-likeness (QED) is 0.857. The molecule has 6 nitrogen and oxygen atoms in total. The predicted octanol–water partition coefficient (Wildman–Crippen LogP) is 1.84. The molecule has 1 amide bonds. The standard InChI is InChI=1S/C18H21N3O3S.ClH/c1-19-10-13-8-9-20(11-13)17(22)12-21-15-6-2-4-14-5-3-7-16(18(14)15)25(21,23)24;/h2-7,13,19H,8-12H2,1H3;1H. The van der Waals surface area contributed by atoms with Crippen molar-refractivity contribution in [3.8, 4) is 0 Å². The molecule has 2 aliphatic rings. The van der Waals surface area contributed by atoms with E-state index in [-0.39, 0.29) is 24.9 Å². The van der Waals surface area contributed by atoms with Crippen LogP contribution in [0.25, 0.3) is 10.8 Å². The molecule has 0 aromatic heterocycles. The Kier molecular flexibility index (Phi) is 5.14. The summed E-state index contributed by atoms with van der Waals surface area (Å²) in [4.78, 5) is 14.8. The lowest BCUT2D eigenvalue weighted by Gasteiger charge is -2.22. The number of carbonyl (C=O) groups excluding carboxylic acids is 1. The van der Waals surface area contributed by atoms with E-state index < -0.39 is 10.0 Å². The average molecular weight is 396 g/mol. The Morgan fingerprint density at radius 3 is 2.69 bits per heavy atom. The molecule has 8 heteroatoms. The molecule has 26 heavy (non-hydrogen) atoms. The van der Waals surface area contributed by atoms with Crippen LogP contribution in [0.4, 0.5) is 5.69 Å². The molecule has 140 valence electrons. The smallest absolute Gasteiger partial charge is 0.265 e. The molecule has 0 bridgehead atoms. The van der Waals surface area contributed by atoms with Gasteiger partial charge in [-0.1, -0.05) is 24.3 Å². The number of carbonyl (C=O) groups is 1. The minimum atomic E-state index is -3.67. The van der Waals surface area contributed by atoms with Crippen molar-refractivity contribution in [1.82, 2.24) is 10.2 Å². The molecule has 1 fully saturated rings. The van der Waals surface area contributed by atoms with Crippen molar-refractivity contribution >= 4 is 44.8 Å². The van der Waals surface area contributed by atoms with E-state index in [9.17, 15) is 13.2 Å². The van der Waals surface area contributed by atoms with Gasteiger partial charge in [-0.15, -0.1) is 12.4 Å². The highest BCUT2D eigenvalue weighted by atomic mass is 35.5. The number of hydrogen-bond donors (Lipinski definition) is 1. The van der Waals surface area contributed by atoms with Crippen molar-refractivity contribution in [2.45, 2.75) is 11.3 Å². The first-order chi connectivity index (χ1) is 12.0. The summed E-state index contributed by atoms with van der Waals surface area (Å²) in [6.07, 6.45) is 0.954. The Morgan fingerprint density at radius 2 is 1.96 bits per heavy atom. The van der Waals surface area contributed by atoms with Gasteiger partial charge in [0.2, 0.25) is 5.91 Å². The van der Waals surface area contributed by atoms with Crippen LogP contribution in [-0.4, -0.2) is 52.5 Å². The third-order valence-corrected chi connectivity index (χ3v) is 6.89. The predicted molar refractivity (Wildman–Crippen MR) is 104 cm³/mol. The number of nitrogens with zero attached hydrogens (tertiary/aromatic N) is 2. The lowest BCUT2D eigenvalue weighted by atomic mass is 10.1. The molecule has 4 rings (SSSR count). The zero-order valence-electron chi connectivity index (χ0n) is 14.5. The summed E-state index contributed by atoms with van der Waals surface area (Å²) in [6, 6.07) is 10.8. The van der Waals surface area contributed by atoms with E-state index in [0.717, 1.165) is 18.4 Å². The molecule has 2 heterocycles. The minimum Gasteiger partial charge on any atom is -0.341 e. The Hall–Kier alpha value is -1.83. The van der Waals surface area contributed by atoms with Crippen LogP contribution < -0.4 is 9.62 Å². The fourth-order valence-electron chi connectivity index (χ4n) is 3.87. The van der Waals surface area contributed by atoms with Crippen LogP contribution in [0.1, 0.15) is 6.42 Å². The number of sulfonamides is 1. The molecule has 1 unspecified atom stereocenters. The monoisotopic (exact) mass is 395 g/mol. The van der Waals surface area contributed by atoms with Crippen LogP contribution in [0.15, 0.2) is 41.3 Å². The van der Waals surface area contributed by atoms with Gasteiger partial charge < -0.3 is 10.2 Å². The van der Waals surface area contributed by atoms with Crippen molar-refractivity contribution < 1.29 is 13.2 Å². The first kappa shape index (κ1) is 18.9. The number of halogens is 1. The second kappa shape index (κ2) is 7.06. The number of hydrogen-bond acceptors (Lipinski definition) is 4. The first-order valence-corrected chi connectivity index (χ1v) is 9.93. The Bertz CT molecular complexity index is 943. The van der Waals surface area contributed by atoms with Gasteiger partial charge in [0.1, 0.15) is 6.54 Å². The van der Waals surface area contributed by atoms with E-state index in [1.165, 1.54) is 4.31 Å². The first-order valence-electron chi connectivity index (χ1n) is 8.49. The highest BCUT2D eigenvalue weighted by molar-refractivity contribution is 7.93. The van der Waals surface area contributed by atoms with Gasteiger partial charge >= 0.3 is 0 Å². The number of benzene rings is 2. The van der Waals surface area contributed by atoms with Crippen LogP contribution in [-0.2, 0) is 14.8 Å². The van der Waals surface area contributed by atoms with Gasteiger partial charge in [-0.25, -0.2) is 8.42 Å². The number of anilines is 1. The molecule has 2 aromatic carbocycles. The normalized spacial score (nSPS) is 20.4. The maximum Gasteiger partial charge on any atom is 0.265 e. The summed E-state index contributed by atoms with van der Waals surface area (Å²) in [5, 5.41) is 4.73. The summed E-state index contributed by atoms with van der Waals surface area (Å²) in [5.41, 5.74) is 0.604. The molecule has 0 aliphatic carbocycles. The van der Waals surface area contributed by atoms with Crippen molar-refractivity contribution in [2.75, 3.05) is 37.5 Å². The molecular formula is C18H22ClN3O3S. The lowest BCUT2D eigenvalue weighted by Crippen LogP contribution is -2.41. The van der Waals surface area contributed by atoms with Crippen LogP contribution in [0.3, 0.4) is 0 Å². The van der Waals surface area contributed by atoms with Gasteiger partial charge in [0.25, 0.3) is 10.0 Å². The molecule has 0 radical (unpaired) electrons. The molecule has 2 aliphatic heterocycles. The Labute approximate surface area is 159 Å². The fourth-order valence-corrected chi connectivity index (χ4v) is 5.53. The van der Waals surface area contributed by atoms with E-state index >= 15 is 0 Å². The zero-order chi connectivity index (χ0) is 17.6. The van der Waals surface area contributed by atoms with Crippen LogP contribution >= 0.6 is 12.4 Å². The van der Waals surface area contributed by atoms with E-state index in [1.807, 2.05) is 25.2 Å². The molecule has 0 saturated carbocycles. The van der Waals surface area contributed by atoms with Crippen molar-refractivity contribution in [3.05, 3.63) is 36.4 Å². The molecule has 1 atom stereocenters. The maximum absolute atomic E-state index is 12.9. The fraction of sp³-hybridized carbons (Fsp3) is 0.389. The molecular weight excluding hydrogens is 374 g/mol.